The Morgan fingerprint density at radius 3 is 2.35 bits per heavy atom. The Balaban J connectivity index is 0. The summed E-state index contributed by atoms with van der Waals surface area (Å²) in [5, 5.41) is 8.54. The van der Waals surface area contributed by atoms with Crippen LogP contribution >= 0.6 is 0 Å². The zero-order valence-corrected chi connectivity index (χ0v) is 11.2. The van der Waals surface area contributed by atoms with Crippen LogP contribution in [-0.2, 0) is 4.79 Å². The van der Waals surface area contributed by atoms with Crippen LogP contribution in [-0.4, -0.2) is 29.5 Å². The molecule has 0 aliphatic heterocycles. The second-order valence-electron chi connectivity index (χ2n) is 3.53. The number of hydrogen-bond donors (Lipinski definition) is 3. The Labute approximate surface area is 104 Å². The second-order valence-corrected chi connectivity index (χ2v) is 3.53. The monoisotopic (exact) mass is 243 g/mol. The first-order valence-electron chi connectivity index (χ1n) is 5.84. The van der Waals surface area contributed by atoms with Gasteiger partial charge in [0.15, 0.2) is 0 Å². The van der Waals surface area contributed by atoms with Gasteiger partial charge in [0.05, 0.1) is 12.4 Å². The Morgan fingerprint density at radius 1 is 1.41 bits per heavy atom. The number of nitrogens with zero attached hydrogens (tertiary/aromatic N) is 1. The maximum absolute atomic E-state index is 10.4. The number of hydrogen-bond acceptors (Lipinski definition) is 3. The van der Waals surface area contributed by atoms with Crippen LogP contribution in [0.3, 0.4) is 0 Å². The molecule has 5 N–H and O–H groups in total. The highest BCUT2D eigenvalue weighted by Crippen LogP contribution is 2.01. The van der Waals surface area contributed by atoms with E-state index in [1.54, 1.807) is 6.92 Å². The standard InChI is InChI=1S/C10H19N3O2.C2H6/c1-7(6-13-8(2)11)4-3-5-9(12)10(14)15;1-2/h4,9H,3,5-6,12H2,1-2H3,(H2,11,13)(H,14,15);1-2H3/b7-4+;. The van der Waals surface area contributed by atoms with E-state index in [9.17, 15) is 4.79 Å². The molecular weight excluding hydrogens is 218 g/mol. The van der Waals surface area contributed by atoms with E-state index in [0.29, 0.717) is 25.2 Å². The predicted octanol–water partition coefficient (Wildman–Crippen LogP) is 1.53. The predicted molar refractivity (Wildman–Crippen MR) is 72.1 cm³/mol. The number of nitrogens with two attached hydrogens (primary N) is 2. The van der Waals surface area contributed by atoms with Gasteiger partial charge in [0.2, 0.25) is 0 Å². The van der Waals surface area contributed by atoms with E-state index in [0.717, 1.165) is 5.57 Å². The molecule has 0 saturated carbocycles. The number of carboxylic acid groups (broad SMARTS) is 1. The summed E-state index contributed by atoms with van der Waals surface area (Å²) in [5.41, 5.74) is 11.8. The third kappa shape index (κ3) is 12.6. The molecule has 0 rings (SSSR count). The highest BCUT2D eigenvalue weighted by atomic mass is 16.4. The quantitative estimate of drug-likeness (QED) is 0.374. The van der Waals surface area contributed by atoms with Crippen LogP contribution in [0, 0.1) is 0 Å². The van der Waals surface area contributed by atoms with Crippen molar-refractivity contribution in [3.63, 3.8) is 0 Å². The maximum atomic E-state index is 10.4. The molecule has 0 bridgehead atoms. The number of carboxylic acids is 1. The summed E-state index contributed by atoms with van der Waals surface area (Å²) in [6.07, 6.45) is 3.03. The summed E-state index contributed by atoms with van der Waals surface area (Å²) >= 11 is 0. The first-order valence-corrected chi connectivity index (χ1v) is 5.84. The molecule has 0 fully saturated rings. The average molecular weight is 243 g/mol. The van der Waals surface area contributed by atoms with Gasteiger partial charge in [0, 0.05) is 0 Å². The molecule has 0 radical (unpaired) electrons. The van der Waals surface area contributed by atoms with Gasteiger partial charge in [-0.25, -0.2) is 0 Å². The number of allylic oxidation sites excluding steroid dienone is 1. The van der Waals surface area contributed by atoms with Crippen LogP contribution in [0.5, 0.6) is 0 Å². The maximum Gasteiger partial charge on any atom is 0.320 e. The van der Waals surface area contributed by atoms with Crippen LogP contribution in [0.15, 0.2) is 16.6 Å². The summed E-state index contributed by atoms with van der Waals surface area (Å²) in [6, 6.07) is -0.784. The fourth-order valence-corrected chi connectivity index (χ4v) is 0.947. The zero-order valence-electron chi connectivity index (χ0n) is 11.2. The summed E-state index contributed by atoms with van der Waals surface area (Å²) in [6.45, 7) is 8.22. The summed E-state index contributed by atoms with van der Waals surface area (Å²) in [5.74, 6) is -0.415. The second kappa shape index (κ2) is 11.1. The van der Waals surface area contributed by atoms with E-state index >= 15 is 0 Å². The van der Waals surface area contributed by atoms with Crippen LogP contribution in [0.2, 0.25) is 0 Å². The Bertz CT molecular complexity index is 269. The lowest BCUT2D eigenvalue weighted by Crippen LogP contribution is -2.29. The molecule has 0 saturated heterocycles. The minimum absolute atomic E-state index is 0.442. The van der Waals surface area contributed by atoms with Gasteiger partial charge in [-0.1, -0.05) is 25.5 Å². The largest absolute Gasteiger partial charge is 0.480 e. The first kappa shape index (κ1) is 18.0. The van der Waals surface area contributed by atoms with Gasteiger partial charge in [0.25, 0.3) is 0 Å². The molecular formula is C12H25N3O2. The van der Waals surface area contributed by atoms with Gasteiger partial charge in [0.1, 0.15) is 6.04 Å². The van der Waals surface area contributed by atoms with Crippen molar-refractivity contribution in [2.45, 2.75) is 46.6 Å². The number of aliphatic imine (C=N–C) groups is 1. The molecule has 0 aromatic carbocycles. The average Bonchev–Trinajstić information content (AvgIpc) is 2.28. The van der Waals surface area contributed by atoms with E-state index in [1.165, 1.54) is 0 Å². The lowest BCUT2D eigenvalue weighted by Gasteiger charge is -2.03. The SMILES string of the molecule is CC.CC(N)=NC/C(C)=C/CCC(N)C(=O)O. The smallest absolute Gasteiger partial charge is 0.320 e. The van der Waals surface area contributed by atoms with Crippen molar-refractivity contribution >= 4 is 11.8 Å². The van der Waals surface area contributed by atoms with Crippen molar-refractivity contribution in [3.8, 4) is 0 Å². The fraction of sp³-hybridized carbons (Fsp3) is 0.667. The molecule has 0 aromatic rings. The molecule has 1 unspecified atom stereocenters. The number of carbonyl (C=O) groups is 1. The summed E-state index contributed by atoms with van der Waals surface area (Å²) < 4.78 is 0. The van der Waals surface area contributed by atoms with Crippen LogP contribution < -0.4 is 11.5 Å². The molecule has 0 heterocycles. The molecule has 0 amide bonds. The zero-order chi connectivity index (χ0) is 13.8. The molecule has 0 aliphatic rings. The summed E-state index contributed by atoms with van der Waals surface area (Å²) in [4.78, 5) is 14.4. The topological polar surface area (TPSA) is 102 Å². The molecule has 0 aliphatic carbocycles. The molecule has 5 nitrogen and oxygen atoms in total. The highest BCUT2D eigenvalue weighted by Gasteiger charge is 2.09. The Morgan fingerprint density at radius 2 is 1.94 bits per heavy atom. The third-order valence-electron chi connectivity index (χ3n) is 1.87. The lowest BCUT2D eigenvalue weighted by atomic mass is 10.1. The molecule has 1 atom stereocenters. The normalized spacial score (nSPS) is 13.7. The van der Waals surface area contributed by atoms with E-state index < -0.39 is 12.0 Å². The summed E-state index contributed by atoms with van der Waals surface area (Å²) in [7, 11) is 0. The first-order chi connectivity index (χ1) is 7.93. The van der Waals surface area contributed by atoms with E-state index in [1.807, 2.05) is 26.8 Å². The molecule has 0 spiro atoms. The van der Waals surface area contributed by atoms with Gasteiger partial charge >= 0.3 is 5.97 Å². The van der Waals surface area contributed by atoms with E-state index in [2.05, 4.69) is 4.99 Å². The lowest BCUT2D eigenvalue weighted by molar-refractivity contribution is -0.138. The molecule has 5 heteroatoms. The van der Waals surface area contributed by atoms with Gasteiger partial charge in [-0.05, 0) is 26.7 Å². The van der Waals surface area contributed by atoms with Crippen molar-refractivity contribution in [3.05, 3.63) is 11.6 Å². The molecule has 0 aromatic heterocycles. The van der Waals surface area contributed by atoms with Gasteiger partial charge in [-0.15, -0.1) is 0 Å². The van der Waals surface area contributed by atoms with Crippen molar-refractivity contribution in [2.24, 2.45) is 16.5 Å². The number of aliphatic carboxylic acids is 1. The minimum Gasteiger partial charge on any atom is -0.480 e. The van der Waals surface area contributed by atoms with Crippen molar-refractivity contribution in [1.29, 1.82) is 0 Å². The van der Waals surface area contributed by atoms with Gasteiger partial charge in [-0.2, -0.15) is 0 Å². The number of amidine groups is 1. The van der Waals surface area contributed by atoms with Gasteiger partial charge in [-0.3, -0.25) is 9.79 Å². The Hall–Kier alpha value is -1.36. The third-order valence-corrected chi connectivity index (χ3v) is 1.87. The molecule has 100 valence electrons. The fourth-order valence-electron chi connectivity index (χ4n) is 0.947. The van der Waals surface area contributed by atoms with Crippen molar-refractivity contribution in [1.82, 2.24) is 0 Å². The molecule has 17 heavy (non-hydrogen) atoms. The van der Waals surface area contributed by atoms with Crippen LogP contribution in [0.25, 0.3) is 0 Å². The van der Waals surface area contributed by atoms with Gasteiger partial charge < -0.3 is 16.6 Å². The minimum atomic E-state index is -0.961. The van der Waals surface area contributed by atoms with E-state index in [-0.39, 0.29) is 0 Å². The van der Waals surface area contributed by atoms with Crippen LogP contribution in [0.1, 0.15) is 40.5 Å². The van der Waals surface area contributed by atoms with E-state index in [4.69, 9.17) is 16.6 Å². The Kier molecular flexibility index (Phi) is 11.8. The highest BCUT2D eigenvalue weighted by molar-refractivity contribution is 5.77. The number of rotatable bonds is 6. The van der Waals surface area contributed by atoms with Crippen LogP contribution in [0.4, 0.5) is 0 Å². The van der Waals surface area contributed by atoms with Crippen molar-refractivity contribution < 1.29 is 9.90 Å². The van der Waals surface area contributed by atoms with Crippen molar-refractivity contribution in [2.75, 3.05) is 6.54 Å².